The van der Waals surface area contributed by atoms with E-state index in [0.29, 0.717) is 0 Å². The number of carbonyl (C=O) groups is 2. The molecule has 0 amide bonds. The number of nitrogens with one attached hydrogen (secondary N) is 4. The molecule has 0 saturated carbocycles. The molecule has 0 bridgehead atoms. The first-order valence-corrected chi connectivity index (χ1v) is 7.31. The molecule has 2 atom stereocenters. The molecular formula is C14H26N6O4. The molecule has 6 N–H and O–H groups in total. The van der Waals surface area contributed by atoms with Gasteiger partial charge in [0.25, 0.3) is 0 Å². The second-order valence-corrected chi connectivity index (χ2v) is 6.48. The number of hydrogen-bond donors (Lipinski definition) is 6. The van der Waals surface area contributed by atoms with Crippen LogP contribution in [0.2, 0.25) is 0 Å². The van der Waals surface area contributed by atoms with Crippen LogP contribution in [0.4, 0.5) is 0 Å². The standard InChI is InChI=1S/C14H26N6O4/c1-7(9(21)22)17-11(15)13(3,4)19-20-14(5,6)12(16)18-8(2)10(23)24/h7-8H,1-6H3,(H2,15,17)(H2,16,18)(H,21,22)(H,23,24). The minimum atomic E-state index is -1.13. The van der Waals surface area contributed by atoms with E-state index in [2.05, 4.69) is 20.9 Å². The van der Waals surface area contributed by atoms with Crippen molar-refractivity contribution in [3.05, 3.63) is 0 Å². The van der Waals surface area contributed by atoms with E-state index in [-0.39, 0.29) is 11.7 Å². The minimum absolute atomic E-state index is 0.129. The summed E-state index contributed by atoms with van der Waals surface area (Å²) in [6.45, 7) is 9.11. The lowest BCUT2D eigenvalue weighted by atomic mass is 10.0. The third-order valence-electron chi connectivity index (χ3n) is 3.24. The Bertz CT molecular complexity index is 507. The maximum Gasteiger partial charge on any atom is 0.325 e. The van der Waals surface area contributed by atoms with Gasteiger partial charge in [-0.1, -0.05) is 0 Å². The number of azo groups is 1. The average Bonchev–Trinajstić information content (AvgIpc) is 2.44. The van der Waals surface area contributed by atoms with Gasteiger partial charge in [-0.25, -0.2) is 0 Å². The fraction of sp³-hybridized carbons (Fsp3) is 0.714. The summed E-state index contributed by atoms with van der Waals surface area (Å²) in [7, 11) is 0. The van der Waals surface area contributed by atoms with Crippen LogP contribution in [-0.4, -0.2) is 57.0 Å². The number of rotatable bonds is 8. The molecule has 0 aliphatic carbocycles. The molecule has 0 saturated heterocycles. The Morgan fingerprint density at radius 3 is 1.29 bits per heavy atom. The fourth-order valence-corrected chi connectivity index (χ4v) is 1.26. The van der Waals surface area contributed by atoms with Gasteiger partial charge in [-0.3, -0.25) is 20.4 Å². The molecule has 0 heterocycles. The summed E-state index contributed by atoms with van der Waals surface area (Å²) in [6, 6.07) is -1.90. The summed E-state index contributed by atoms with van der Waals surface area (Å²) >= 11 is 0. The van der Waals surface area contributed by atoms with E-state index in [1.165, 1.54) is 13.8 Å². The normalized spacial score (nSPS) is 14.8. The van der Waals surface area contributed by atoms with E-state index in [1.54, 1.807) is 27.7 Å². The van der Waals surface area contributed by atoms with E-state index in [4.69, 9.17) is 21.0 Å². The highest BCUT2D eigenvalue weighted by atomic mass is 16.4. The van der Waals surface area contributed by atoms with Gasteiger partial charge in [0.1, 0.15) is 34.8 Å². The Hall–Kier alpha value is -2.52. The zero-order valence-corrected chi connectivity index (χ0v) is 14.8. The quantitative estimate of drug-likeness (QED) is 0.219. The molecule has 0 spiro atoms. The lowest BCUT2D eigenvalue weighted by Gasteiger charge is -2.26. The Labute approximate surface area is 140 Å². The summed E-state index contributed by atoms with van der Waals surface area (Å²) in [6.07, 6.45) is 0. The molecule has 0 fully saturated rings. The molecule has 0 aromatic carbocycles. The summed E-state index contributed by atoms with van der Waals surface area (Å²) in [5.74, 6) is -2.45. The Balaban J connectivity index is 5.05. The van der Waals surface area contributed by atoms with Gasteiger partial charge in [0, 0.05) is 0 Å². The van der Waals surface area contributed by atoms with E-state index in [0.717, 1.165) is 0 Å². The molecular weight excluding hydrogens is 316 g/mol. The molecule has 10 heteroatoms. The summed E-state index contributed by atoms with van der Waals surface area (Å²) in [5.41, 5.74) is -2.25. The van der Waals surface area contributed by atoms with Gasteiger partial charge >= 0.3 is 11.9 Å². The number of carboxylic acid groups (broad SMARTS) is 2. The first kappa shape index (κ1) is 21.5. The second kappa shape index (κ2) is 7.84. The first-order valence-electron chi connectivity index (χ1n) is 7.31. The average molecular weight is 342 g/mol. The molecule has 0 aliphatic heterocycles. The third kappa shape index (κ3) is 6.31. The zero-order chi connectivity index (χ0) is 19.3. The van der Waals surface area contributed by atoms with E-state index >= 15 is 0 Å². The van der Waals surface area contributed by atoms with Crippen molar-refractivity contribution < 1.29 is 19.8 Å². The molecule has 24 heavy (non-hydrogen) atoms. The van der Waals surface area contributed by atoms with Crippen LogP contribution in [0.1, 0.15) is 41.5 Å². The van der Waals surface area contributed by atoms with Crippen molar-refractivity contribution in [2.24, 2.45) is 10.2 Å². The lowest BCUT2D eigenvalue weighted by Crippen LogP contribution is -2.48. The van der Waals surface area contributed by atoms with E-state index in [9.17, 15) is 9.59 Å². The first-order chi connectivity index (χ1) is 10.7. The van der Waals surface area contributed by atoms with Crippen molar-refractivity contribution in [1.29, 1.82) is 10.8 Å². The number of aliphatic carboxylic acids is 2. The van der Waals surface area contributed by atoms with Crippen LogP contribution in [0.5, 0.6) is 0 Å². The van der Waals surface area contributed by atoms with Gasteiger partial charge in [0.2, 0.25) is 0 Å². The SMILES string of the molecule is CC(NC(=N)C(C)(C)N=NC(C)(C)C(=N)NC(C)C(=O)O)C(=O)O. The van der Waals surface area contributed by atoms with Crippen LogP contribution in [0.15, 0.2) is 10.2 Å². The second-order valence-electron chi connectivity index (χ2n) is 6.48. The van der Waals surface area contributed by atoms with E-state index < -0.39 is 35.1 Å². The van der Waals surface area contributed by atoms with Gasteiger partial charge in [-0.2, -0.15) is 10.2 Å². The van der Waals surface area contributed by atoms with Crippen LogP contribution in [-0.2, 0) is 9.59 Å². The number of hydrogen-bond acceptors (Lipinski definition) is 6. The van der Waals surface area contributed by atoms with Crippen LogP contribution < -0.4 is 10.6 Å². The minimum Gasteiger partial charge on any atom is -0.480 e. The number of amidine groups is 2. The maximum atomic E-state index is 10.8. The van der Waals surface area contributed by atoms with E-state index in [1.807, 2.05) is 0 Å². The molecule has 0 aromatic rings. The number of nitrogens with zero attached hydrogens (tertiary/aromatic N) is 2. The monoisotopic (exact) mass is 342 g/mol. The molecule has 2 unspecified atom stereocenters. The third-order valence-corrected chi connectivity index (χ3v) is 3.24. The zero-order valence-electron chi connectivity index (χ0n) is 14.8. The van der Waals surface area contributed by atoms with Crippen molar-refractivity contribution in [3.8, 4) is 0 Å². The van der Waals surface area contributed by atoms with Crippen molar-refractivity contribution in [3.63, 3.8) is 0 Å². The Morgan fingerprint density at radius 1 is 0.833 bits per heavy atom. The van der Waals surface area contributed by atoms with Crippen molar-refractivity contribution >= 4 is 23.6 Å². The predicted molar refractivity (Wildman–Crippen MR) is 88.9 cm³/mol. The highest BCUT2D eigenvalue weighted by molar-refractivity contribution is 5.92. The van der Waals surface area contributed by atoms with Gasteiger partial charge in [-0.05, 0) is 41.5 Å². The largest absolute Gasteiger partial charge is 0.480 e. The van der Waals surface area contributed by atoms with Gasteiger partial charge < -0.3 is 20.8 Å². The van der Waals surface area contributed by atoms with Crippen molar-refractivity contribution in [2.45, 2.75) is 64.7 Å². The van der Waals surface area contributed by atoms with Crippen LogP contribution in [0.25, 0.3) is 0 Å². The number of carboxylic acids is 2. The molecule has 0 rings (SSSR count). The topological polar surface area (TPSA) is 171 Å². The molecule has 0 aromatic heterocycles. The van der Waals surface area contributed by atoms with Crippen LogP contribution in [0, 0.1) is 10.8 Å². The highest BCUT2D eigenvalue weighted by Crippen LogP contribution is 2.17. The van der Waals surface area contributed by atoms with Crippen molar-refractivity contribution in [1.82, 2.24) is 10.6 Å². The maximum absolute atomic E-state index is 10.8. The fourth-order valence-electron chi connectivity index (χ4n) is 1.26. The Morgan fingerprint density at radius 2 is 1.08 bits per heavy atom. The molecule has 10 nitrogen and oxygen atoms in total. The molecule has 136 valence electrons. The van der Waals surface area contributed by atoms with Crippen LogP contribution >= 0.6 is 0 Å². The molecule has 0 aliphatic rings. The summed E-state index contributed by atoms with van der Waals surface area (Å²) < 4.78 is 0. The van der Waals surface area contributed by atoms with Gasteiger partial charge in [-0.15, -0.1) is 0 Å². The molecule has 0 radical (unpaired) electrons. The predicted octanol–water partition coefficient (Wildman–Crippen LogP) is 1.08. The lowest BCUT2D eigenvalue weighted by molar-refractivity contribution is -0.139. The highest BCUT2D eigenvalue weighted by Gasteiger charge is 2.30. The smallest absolute Gasteiger partial charge is 0.325 e. The summed E-state index contributed by atoms with van der Waals surface area (Å²) in [4.78, 5) is 21.7. The van der Waals surface area contributed by atoms with Gasteiger partial charge in [0.05, 0.1) is 0 Å². The summed E-state index contributed by atoms with van der Waals surface area (Å²) in [5, 5.41) is 46.7. The van der Waals surface area contributed by atoms with Crippen molar-refractivity contribution in [2.75, 3.05) is 0 Å². The van der Waals surface area contributed by atoms with Crippen LogP contribution in [0.3, 0.4) is 0 Å². The Kier molecular flexibility index (Phi) is 7.02. The van der Waals surface area contributed by atoms with Gasteiger partial charge in [0.15, 0.2) is 0 Å².